The highest BCUT2D eigenvalue weighted by atomic mass is 32.1. The molecule has 0 saturated heterocycles. The molecule has 5 heteroatoms. The number of benzene rings is 1. The molecule has 0 saturated carbocycles. The number of para-hydroxylation sites is 1. The van der Waals surface area contributed by atoms with Crippen molar-refractivity contribution in [2.24, 2.45) is 0 Å². The Labute approximate surface area is 141 Å². The zero-order valence-electron chi connectivity index (χ0n) is 13.7. The number of nitrogens with one attached hydrogen (secondary N) is 1. The molecule has 2 amide bonds. The molecule has 0 spiro atoms. The van der Waals surface area contributed by atoms with Crippen molar-refractivity contribution in [2.75, 3.05) is 32.1 Å². The summed E-state index contributed by atoms with van der Waals surface area (Å²) in [5.41, 5.74) is 2.31. The number of carbonyl (C=O) groups is 1. The van der Waals surface area contributed by atoms with Gasteiger partial charge in [-0.15, -0.1) is 11.3 Å². The van der Waals surface area contributed by atoms with E-state index in [1.807, 2.05) is 37.2 Å². The number of rotatable bonds is 4. The highest BCUT2D eigenvalue weighted by Gasteiger charge is 2.23. The van der Waals surface area contributed by atoms with Crippen LogP contribution in [0.4, 0.5) is 10.5 Å². The number of carbonyl (C=O) groups excluding carboxylic acids is 1. The van der Waals surface area contributed by atoms with Crippen LogP contribution < -0.4 is 10.2 Å². The zero-order valence-corrected chi connectivity index (χ0v) is 14.5. The van der Waals surface area contributed by atoms with Crippen LogP contribution in [0.15, 0.2) is 41.8 Å². The van der Waals surface area contributed by atoms with E-state index in [2.05, 4.69) is 33.8 Å². The molecular weight excluding hydrogens is 306 g/mol. The minimum atomic E-state index is 0.000515. The van der Waals surface area contributed by atoms with Crippen molar-refractivity contribution in [2.45, 2.75) is 18.9 Å². The van der Waals surface area contributed by atoms with Gasteiger partial charge in [-0.05, 0) is 50.0 Å². The average Bonchev–Trinajstić information content (AvgIpc) is 3.08. The molecule has 1 aromatic carbocycles. The third kappa shape index (κ3) is 3.57. The fraction of sp³-hybridized carbons (Fsp3) is 0.389. The van der Waals surface area contributed by atoms with Crippen LogP contribution in [0.2, 0.25) is 0 Å². The number of fused-ring (bicyclic) bond motifs is 1. The van der Waals surface area contributed by atoms with Crippen molar-refractivity contribution < 1.29 is 4.79 Å². The Morgan fingerprint density at radius 1 is 1.30 bits per heavy atom. The Kier molecular flexibility index (Phi) is 4.98. The summed E-state index contributed by atoms with van der Waals surface area (Å²) in [5.74, 6) is 0. The molecule has 0 fully saturated rings. The molecule has 1 N–H and O–H groups in total. The monoisotopic (exact) mass is 329 g/mol. The second-order valence-electron chi connectivity index (χ2n) is 6.06. The summed E-state index contributed by atoms with van der Waals surface area (Å²) >= 11 is 1.73. The van der Waals surface area contributed by atoms with Gasteiger partial charge in [-0.3, -0.25) is 4.90 Å². The summed E-state index contributed by atoms with van der Waals surface area (Å²) in [7, 11) is 4.10. The highest BCUT2D eigenvalue weighted by Crippen LogP contribution is 2.27. The number of hydrogen-bond donors (Lipinski definition) is 1. The van der Waals surface area contributed by atoms with Crippen LogP contribution in [-0.4, -0.2) is 38.1 Å². The maximum Gasteiger partial charge on any atom is 0.321 e. The summed E-state index contributed by atoms with van der Waals surface area (Å²) in [5, 5.41) is 5.19. The van der Waals surface area contributed by atoms with E-state index >= 15 is 0 Å². The number of anilines is 1. The van der Waals surface area contributed by atoms with Crippen LogP contribution in [0.1, 0.15) is 22.9 Å². The first kappa shape index (κ1) is 16.0. The normalized spacial score (nSPS) is 15.3. The smallest absolute Gasteiger partial charge is 0.321 e. The number of likely N-dealkylation sites (N-methyl/N-ethyl adjacent to an activating group) is 1. The van der Waals surface area contributed by atoms with E-state index in [-0.39, 0.29) is 12.1 Å². The Bertz CT molecular complexity index is 654. The largest absolute Gasteiger partial charge is 0.336 e. The molecule has 1 aliphatic heterocycles. The Hall–Kier alpha value is -1.85. The van der Waals surface area contributed by atoms with Crippen LogP contribution in [-0.2, 0) is 6.42 Å². The van der Waals surface area contributed by atoms with Gasteiger partial charge in [-0.2, -0.15) is 0 Å². The topological polar surface area (TPSA) is 35.6 Å². The summed E-state index contributed by atoms with van der Waals surface area (Å²) in [6.07, 6.45) is 2.07. The van der Waals surface area contributed by atoms with Gasteiger partial charge in [0.2, 0.25) is 0 Å². The summed E-state index contributed by atoms with van der Waals surface area (Å²) in [6.45, 7) is 1.40. The average molecular weight is 329 g/mol. The molecule has 122 valence electrons. The van der Waals surface area contributed by atoms with Crippen molar-refractivity contribution in [1.82, 2.24) is 10.2 Å². The zero-order chi connectivity index (χ0) is 16.2. The molecule has 1 aliphatic rings. The SMILES string of the molecule is CN(C)C(CNC(=O)N1CCCc2ccccc21)c1cccs1. The van der Waals surface area contributed by atoms with Gasteiger partial charge in [-0.1, -0.05) is 24.3 Å². The lowest BCUT2D eigenvalue weighted by molar-refractivity contribution is 0.238. The number of hydrogen-bond acceptors (Lipinski definition) is 3. The van der Waals surface area contributed by atoms with E-state index in [0.717, 1.165) is 25.1 Å². The van der Waals surface area contributed by atoms with E-state index in [9.17, 15) is 4.79 Å². The lowest BCUT2D eigenvalue weighted by atomic mass is 10.0. The second kappa shape index (κ2) is 7.15. The van der Waals surface area contributed by atoms with Crippen molar-refractivity contribution in [1.29, 1.82) is 0 Å². The van der Waals surface area contributed by atoms with Crippen LogP contribution in [0.25, 0.3) is 0 Å². The van der Waals surface area contributed by atoms with Gasteiger partial charge in [0.1, 0.15) is 0 Å². The van der Waals surface area contributed by atoms with Gasteiger partial charge in [-0.25, -0.2) is 4.79 Å². The summed E-state index contributed by atoms with van der Waals surface area (Å²) < 4.78 is 0. The molecule has 1 unspecified atom stereocenters. The van der Waals surface area contributed by atoms with Crippen molar-refractivity contribution in [3.05, 3.63) is 52.2 Å². The number of urea groups is 1. The number of thiophene rings is 1. The molecule has 3 rings (SSSR count). The molecule has 2 heterocycles. The first-order chi connectivity index (χ1) is 11.2. The molecule has 0 bridgehead atoms. The Morgan fingerprint density at radius 3 is 2.87 bits per heavy atom. The van der Waals surface area contributed by atoms with Crippen molar-refractivity contribution in [3.63, 3.8) is 0 Å². The quantitative estimate of drug-likeness (QED) is 0.932. The van der Waals surface area contributed by atoms with Crippen LogP contribution >= 0.6 is 11.3 Å². The minimum absolute atomic E-state index is 0.000515. The Balaban J connectivity index is 1.68. The molecular formula is C18H23N3OS. The minimum Gasteiger partial charge on any atom is -0.336 e. The number of amides is 2. The summed E-state index contributed by atoms with van der Waals surface area (Å²) in [6, 6.07) is 12.6. The molecule has 1 atom stereocenters. The van der Waals surface area contributed by atoms with E-state index in [1.54, 1.807) is 11.3 Å². The molecule has 2 aromatic rings. The van der Waals surface area contributed by atoms with E-state index in [0.29, 0.717) is 6.54 Å². The predicted octanol–water partition coefficient (Wildman–Crippen LogP) is 3.51. The fourth-order valence-corrected chi connectivity index (χ4v) is 3.97. The van der Waals surface area contributed by atoms with Gasteiger partial charge >= 0.3 is 6.03 Å². The Morgan fingerprint density at radius 2 is 2.13 bits per heavy atom. The fourth-order valence-electron chi connectivity index (χ4n) is 3.04. The van der Waals surface area contributed by atoms with Crippen molar-refractivity contribution >= 4 is 23.1 Å². The molecule has 1 aromatic heterocycles. The third-order valence-corrected chi connectivity index (χ3v) is 5.27. The first-order valence-corrected chi connectivity index (χ1v) is 8.88. The second-order valence-corrected chi connectivity index (χ2v) is 7.04. The van der Waals surface area contributed by atoms with E-state index in [4.69, 9.17) is 0 Å². The maximum atomic E-state index is 12.7. The molecule has 23 heavy (non-hydrogen) atoms. The number of aryl methyl sites for hydroxylation is 1. The lowest BCUT2D eigenvalue weighted by Crippen LogP contribution is -2.45. The first-order valence-electron chi connectivity index (χ1n) is 8.00. The lowest BCUT2D eigenvalue weighted by Gasteiger charge is -2.31. The predicted molar refractivity (Wildman–Crippen MR) is 96.3 cm³/mol. The summed E-state index contributed by atoms with van der Waals surface area (Å²) in [4.78, 5) is 18.0. The standard InChI is InChI=1S/C18H23N3OS/c1-20(2)16(17-10-6-12-23-17)13-19-18(22)21-11-5-8-14-7-3-4-9-15(14)21/h3-4,6-7,9-10,12,16H,5,8,11,13H2,1-2H3,(H,19,22). The third-order valence-electron chi connectivity index (χ3n) is 4.30. The molecule has 0 radical (unpaired) electrons. The number of nitrogens with zero attached hydrogens (tertiary/aromatic N) is 2. The van der Waals surface area contributed by atoms with Crippen LogP contribution in [0.5, 0.6) is 0 Å². The maximum absolute atomic E-state index is 12.7. The van der Waals surface area contributed by atoms with E-state index in [1.165, 1.54) is 10.4 Å². The van der Waals surface area contributed by atoms with Crippen molar-refractivity contribution in [3.8, 4) is 0 Å². The van der Waals surface area contributed by atoms with Crippen LogP contribution in [0.3, 0.4) is 0 Å². The van der Waals surface area contributed by atoms with Gasteiger partial charge in [0.25, 0.3) is 0 Å². The van der Waals surface area contributed by atoms with Crippen LogP contribution in [0, 0.1) is 0 Å². The van der Waals surface area contributed by atoms with Gasteiger partial charge in [0, 0.05) is 23.7 Å². The van der Waals surface area contributed by atoms with Gasteiger partial charge < -0.3 is 10.2 Å². The van der Waals surface area contributed by atoms with Gasteiger partial charge in [0.05, 0.1) is 6.04 Å². The van der Waals surface area contributed by atoms with Gasteiger partial charge in [0.15, 0.2) is 0 Å². The highest BCUT2D eigenvalue weighted by molar-refractivity contribution is 7.10. The molecule has 4 nitrogen and oxygen atoms in total. The van der Waals surface area contributed by atoms with E-state index < -0.39 is 0 Å². The molecule has 0 aliphatic carbocycles.